The number of aryl methyl sites for hydroxylation is 1. The summed E-state index contributed by atoms with van der Waals surface area (Å²) in [4.78, 5) is 5.24. The van der Waals surface area contributed by atoms with E-state index in [9.17, 15) is 0 Å². The maximum Gasteiger partial charge on any atom is 0.120 e. The summed E-state index contributed by atoms with van der Waals surface area (Å²) < 4.78 is 1.93. The van der Waals surface area contributed by atoms with E-state index in [0.717, 1.165) is 24.2 Å². The van der Waals surface area contributed by atoms with Gasteiger partial charge in [0.2, 0.25) is 0 Å². The molecule has 2 fully saturated rings. The largest absolute Gasteiger partial charge is 0.342 e. The number of piperidine rings is 1. The average Bonchev–Trinajstić information content (AvgIpc) is 3.17. The molecule has 0 aliphatic carbocycles. The number of nitrogens with zero attached hydrogens (tertiary/aromatic N) is 4. The van der Waals surface area contributed by atoms with Gasteiger partial charge in [-0.1, -0.05) is 0 Å². The van der Waals surface area contributed by atoms with Gasteiger partial charge in [-0.3, -0.25) is 4.90 Å². The van der Waals surface area contributed by atoms with Crippen LogP contribution in [-0.2, 0) is 13.6 Å². The van der Waals surface area contributed by atoms with Crippen molar-refractivity contribution in [3.8, 4) is 6.07 Å². The molecule has 2 aliphatic rings. The normalized spacial score (nSPS) is 22.8. The second-order valence-electron chi connectivity index (χ2n) is 7.05. The molecular weight excluding hydrogens is 272 g/mol. The maximum absolute atomic E-state index is 9.05. The molecule has 3 heterocycles. The highest BCUT2D eigenvalue weighted by Gasteiger charge is 2.28. The zero-order valence-electron chi connectivity index (χ0n) is 14.0. The third kappa shape index (κ3) is 3.37. The second-order valence-corrected chi connectivity index (χ2v) is 7.05. The minimum atomic E-state index is 0.756. The van der Waals surface area contributed by atoms with Crippen molar-refractivity contribution < 1.29 is 0 Å². The van der Waals surface area contributed by atoms with Gasteiger partial charge < -0.3 is 9.47 Å². The van der Waals surface area contributed by atoms with Crippen LogP contribution in [0.5, 0.6) is 0 Å². The van der Waals surface area contributed by atoms with Crippen molar-refractivity contribution >= 4 is 0 Å². The summed E-state index contributed by atoms with van der Waals surface area (Å²) in [6.45, 7) is 8.42. The average molecular weight is 300 g/mol. The highest BCUT2D eigenvalue weighted by Crippen LogP contribution is 2.27. The molecule has 0 unspecified atom stereocenters. The lowest BCUT2D eigenvalue weighted by Crippen LogP contribution is -2.42. The van der Waals surface area contributed by atoms with Crippen molar-refractivity contribution in [2.24, 2.45) is 13.0 Å². The summed E-state index contributed by atoms with van der Waals surface area (Å²) in [5.74, 6) is 0.861. The van der Waals surface area contributed by atoms with Gasteiger partial charge in [-0.05, 0) is 76.3 Å². The molecule has 0 radical (unpaired) electrons. The molecule has 1 aromatic rings. The van der Waals surface area contributed by atoms with E-state index < -0.39 is 0 Å². The zero-order valence-corrected chi connectivity index (χ0v) is 14.0. The molecule has 1 atom stereocenters. The number of hydrogen-bond acceptors (Lipinski definition) is 3. The van der Waals surface area contributed by atoms with E-state index in [0.29, 0.717) is 0 Å². The summed E-state index contributed by atoms with van der Waals surface area (Å²) >= 11 is 0. The monoisotopic (exact) mass is 300 g/mol. The molecule has 3 rings (SSSR count). The molecule has 2 aliphatic heterocycles. The number of hydrogen-bond donors (Lipinski definition) is 0. The van der Waals surface area contributed by atoms with Crippen molar-refractivity contribution in [3.63, 3.8) is 0 Å². The van der Waals surface area contributed by atoms with Gasteiger partial charge in [0, 0.05) is 25.8 Å². The van der Waals surface area contributed by atoms with Crippen molar-refractivity contribution in [3.05, 3.63) is 23.5 Å². The fraction of sp³-hybridized carbons (Fsp3) is 0.722. The quantitative estimate of drug-likeness (QED) is 0.857. The first-order valence-electron chi connectivity index (χ1n) is 8.69. The van der Waals surface area contributed by atoms with E-state index in [1.807, 2.05) is 17.7 Å². The lowest BCUT2D eigenvalue weighted by Gasteiger charge is -2.38. The van der Waals surface area contributed by atoms with E-state index in [1.165, 1.54) is 57.4 Å². The molecule has 120 valence electrons. The molecule has 4 nitrogen and oxygen atoms in total. The fourth-order valence-corrected chi connectivity index (χ4v) is 4.13. The standard InChI is InChI=1S/C18H28N4/c1-15(22-7-3-4-8-22)17-5-9-21(10-6-17)14-16-11-18(12-19)20(2)13-16/h11,13,15,17H,3-10,14H2,1-2H3/t15-/m0/s1. The van der Waals surface area contributed by atoms with E-state index in [-0.39, 0.29) is 0 Å². The van der Waals surface area contributed by atoms with Gasteiger partial charge in [0.05, 0.1) is 0 Å². The van der Waals surface area contributed by atoms with Crippen molar-refractivity contribution in [1.29, 1.82) is 5.26 Å². The Balaban J connectivity index is 1.50. The highest BCUT2D eigenvalue weighted by molar-refractivity contribution is 5.28. The van der Waals surface area contributed by atoms with Gasteiger partial charge in [-0.25, -0.2) is 0 Å². The van der Waals surface area contributed by atoms with E-state index in [4.69, 9.17) is 5.26 Å². The first-order chi connectivity index (χ1) is 10.7. The minimum absolute atomic E-state index is 0.756. The lowest BCUT2D eigenvalue weighted by atomic mass is 9.89. The van der Waals surface area contributed by atoms with Crippen molar-refractivity contribution in [2.45, 2.75) is 45.2 Å². The van der Waals surface area contributed by atoms with E-state index >= 15 is 0 Å². The second kappa shape index (κ2) is 6.85. The topological polar surface area (TPSA) is 35.2 Å². The Morgan fingerprint density at radius 3 is 2.50 bits per heavy atom. The van der Waals surface area contributed by atoms with Gasteiger partial charge in [-0.2, -0.15) is 5.26 Å². The van der Waals surface area contributed by atoms with Crippen LogP contribution in [0.3, 0.4) is 0 Å². The molecule has 22 heavy (non-hydrogen) atoms. The van der Waals surface area contributed by atoms with Crippen LogP contribution in [0, 0.1) is 17.2 Å². The fourth-order valence-electron chi connectivity index (χ4n) is 4.13. The summed E-state index contributed by atoms with van der Waals surface area (Å²) in [7, 11) is 1.95. The SMILES string of the molecule is C[C@@H](C1CCN(Cc2cc(C#N)n(C)c2)CC1)N1CCCC1. The third-order valence-corrected chi connectivity index (χ3v) is 5.61. The molecule has 1 aromatic heterocycles. The van der Waals surface area contributed by atoms with Crippen LogP contribution >= 0.6 is 0 Å². The van der Waals surface area contributed by atoms with Crippen LogP contribution in [0.25, 0.3) is 0 Å². The van der Waals surface area contributed by atoms with Gasteiger partial charge in [-0.15, -0.1) is 0 Å². The summed E-state index contributed by atoms with van der Waals surface area (Å²) in [6, 6.07) is 5.03. The van der Waals surface area contributed by atoms with Crippen LogP contribution < -0.4 is 0 Å². The predicted octanol–water partition coefficient (Wildman–Crippen LogP) is 2.59. The smallest absolute Gasteiger partial charge is 0.120 e. The summed E-state index contributed by atoms with van der Waals surface area (Å²) in [5, 5.41) is 9.05. The number of nitriles is 1. The lowest BCUT2D eigenvalue weighted by molar-refractivity contribution is 0.108. The Morgan fingerprint density at radius 2 is 1.91 bits per heavy atom. The van der Waals surface area contributed by atoms with E-state index in [1.54, 1.807) is 0 Å². The molecule has 0 saturated carbocycles. The van der Waals surface area contributed by atoms with Crippen molar-refractivity contribution in [2.75, 3.05) is 26.2 Å². The molecule has 0 aromatic carbocycles. The highest BCUT2D eigenvalue weighted by atomic mass is 15.2. The molecule has 2 saturated heterocycles. The van der Waals surface area contributed by atoms with Crippen LogP contribution in [0.1, 0.15) is 43.9 Å². The zero-order chi connectivity index (χ0) is 15.5. The first kappa shape index (κ1) is 15.6. The molecule has 0 bridgehead atoms. The van der Waals surface area contributed by atoms with Gasteiger partial charge in [0.15, 0.2) is 0 Å². The molecular formula is C18H28N4. The summed E-state index contributed by atoms with van der Waals surface area (Å²) in [5.41, 5.74) is 2.03. The van der Waals surface area contributed by atoms with Crippen LogP contribution in [0.2, 0.25) is 0 Å². The third-order valence-electron chi connectivity index (χ3n) is 5.61. The van der Waals surface area contributed by atoms with Gasteiger partial charge in [0.1, 0.15) is 11.8 Å². The van der Waals surface area contributed by atoms with E-state index in [2.05, 4.69) is 29.0 Å². The molecule has 4 heteroatoms. The van der Waals surface area contributed by atoms with Crippen molar-refractivity contribution in [1.82, 2.24) is 14.4 Å². The summed E-state index contributed by atoms with van der Waals surface area (Å²) in [6.07, 6.45) is 7.50. The Bertz CT molecular complexity index is 528. The molecule has 0 spiro atoms. The Morgan fingerprint density at radius 1 is 1.23 bits per heavy atom. The van der Waals surface area contributed by atoms with Crippen LogP contribution in [0.4, 0.5) is 0 Å². The van der Waals surface area contributed by atoms with Crippen LogP contribution in [0.15, 0.2) is 12.3 Å². The maximum atomic E-state index is 9.05. The molecule has 0 N–H and O–H groups in total. The Labute approximate surface area is 134 Å². The minimum Gasteiger partial charge on any atom is -0.342 e. The van der Waals surface area contributed by atoms with Crippen LogP contribution in [-0.4, -0.2) is 46.6 Å². The Hall–Kier alpha value is -1.31. The van der Waals surface area contributed by atoms with Gasteiger partial charge in [0.25, 0.3) is 0 Å². The van der Waals surface area contributed by atoms with Gasteiger partial charge >= 0.3 is 0 Å². The number of aromatic nitrogens is 1. The number of likely N-dealkylation sites (tertiary alicyclic amines) is 2. The number of rotatable bonds is 4. The Kier molecular flexibility index (Phi) is 4.85. The predicted molar refractivity (Wildman–Crippen MR) is 88.4 cm³/mol. The molecule has 0 amide bonds. The first-order valence-corrected chi connectivity index (χ1v) is 8.69.